The summed E-state index contributed by atoms with van der Waals surface area (Å²) in [5.74, 6) is 0.853. The minimum absolute atomic E-state index is 0.00158. The third-order valence-corrected chi connectivity index (χ3v) is 4.77. The summed E-state index contributed by atoms with van der Waals surface area (Å²) in [4.78, 5) is 6.66. The summed E-state index contributed by atoms with van der Waals surface area (Å²) in [7, 11) is 3.72. The Morgan fingerprint density at radius 2 is 2.14 bits per heavy atom. The Bertz CT molecular complexity index is 931. The molecule has 1 fully saturated rings. The molecule has 28 heavy (non-hydrogen) atoms. The van der Waals surface area contributed by atoms with E-state index in [0.717, 1.165) is 36.0 Å². The minimum Gasteiger partial charge on any atom is -0.370 e. The first-order valence-electron chi connectivity index (χ1n) is 9.38. The molecule has 1 aliphatic heterocycles. The van der Waals surface area contributed by atoms with E-state index < -0.39 is 0 Å². The SMILES string of the molecule is CN=C(NCc1ccn(-c2ccccc2)n1)N1CCOC(c2cnn(C)c2)C1. The van der Waals surface area contributed by atoms with E-state index in [-0.39, 0.29) is 6.10 Å². The fourth-order valence-electron chi connectivity index (χ4n) is 3.33. The monoisotopic (exact) mass is 379 g/mol. The van der Waals surface area contributed by atoms with Gasteiger partial charge in [0.05, 0.1) is 37.3 Å². The molecule has 1 unspecified atom stereocenters. The van der Waals surface area contributed by atoms with Crippen molar-refractivity contribution < 1.29 is 4.74 Å². The Labute approximate surface area is 164 Å². The zero-order valence-corrected chi connectivity index (χ0v) is 16.2. The molecule has 1 saturated heterocycles. The summed E-state index contributed by atoms with van der Waals surface area (Å²) in [5, 5.41) is 12.3. The molecule has 8 nitrogen and oxygen atoms in total. The van der Waals surface area contributed by atoms with Crippen LogP contribution in [0.15, 0.2) is 60.0 Å². The van der Waals surface area contributed by atoms with Gasteiger partial charge in [-0.1, -0.05) is 18.2 Å². The Morgan fingerprint density at radius 1 is 1.29 bits per heavy atom. The zero-order valence-electron chi connectivity index (χ0n) is 16.2. The number of ether oxygens (including phenoxy) is 1. The molecule has 0 saturated carbocycles. The number of guanidine groups is 1. The van der Waals surface area contributed by atoms with E-state index >= 15 is 0 Å². The van der Waals surface area contributed by atoms with Crippen LogP contribution < -0.4 is 5.32 Å². The molecule has 0 bridgehead atoms. The van der Waals surface area contributed by atoms with Gasteiger partial charge in [-0.2, -0.15) is 10.2 Å². The maximum atomic E-state index is 5.92. The van der Waals surface area contributed by atoms with Crippen LogP contribution in [0.4, 0.5) is 0 Å². The molecule has 8 heteroatoms. The van der Waals surface area contributed by atoms with Crippen LogP contribution in [0, 0.1) is 0 Å². The van der Waals surface area contributed by atoms with Gasteiger partial charge in [0.25, 0.3) is 0 Å². The molecule has 0 radical (unpaired) electrons. The Balaban J connectivity index is 1.38. The van der Waals surface area contributed by atoms with Crippen LogP contribution in [0.25, 0.3) is 5.69 Å². The van der Waals surface area contributed by atoms with Crippen molar-refractivity contribution in [3.05, 3.63) is 66.2 Å². The number of aryl methyl sites for hydroxylation is 1. The fourth-order valence-corrected chi connectivity index (χ4v) is 3.33. The number of benzene rings is 1. The van der Waals surface area contributed by atoms with Crippen molar-refractivity contribution in [1.82, 2.24) is 29.8 Å². The Morgan fingerprint density at radius 3 is 2.89 bits per heavy atom. The predicted octanol–water partition coefficient (Wildman–Crippen LogP) is 1.75. The lowest BCUT2D eigenvalue weighted by atomic mass is 10.1. The topological polar surface area (TPSA) is 72.5 Å². The number of morpholine rings is 1. The molecule has 1 atom stereocenters. The highest BCUT2D eigenvalue weighted by molar-refractivity contribution is 5.80. The highest BCUT2D eigenvalue weighted by atomic mass is 16.5. The van der Waals surface area contributed by atoms with Crippen molar-refractivity contribution in [2.24, 2.45) is 12.0 Å². The van der Waals surface area contributed by atoms with Crippen molar-refractivity contribution in [2.75, 3.05) is 26.7 Å². The Hall–Kier alpha value is -3.13. The molecule has 3 aromatic rings. The number of rotatable bonds is 4. The summed E-state index contributed by atoms with van der Waals surface area (Å²) < 4.78 is 9.61. The quantitative estimate of drug-likeness (QED) is 0.552. The van der Waals surface area contributed by atoms with E-state index in [9.17, 15) is 0 Å². The molecule has 1 aromatic carbocycles. The smallest absolute Gasteiger partial charge is 0.194 e. The highest BCUT2D eigenvalue weighted by Gasteiger charge is 2.25. The van der Waals surface area contributed by atoms with Gasteiger partial charge in [-0.3, -0.25) is 9.67 Å². The third kappa shape index (κ3) is 4.07. The number of nitrogens with zero attached hydrogens (tertiary/aromatic N) is 6. The van der Waals surface area contributed by atoms with Gasteiger partial charge in [-0.15, -0.1) is 0 Å². The van der Waals surface area contributed by atoms with Gasteiger partial charge in [-0.05, 0) is 18.2 Å². The van der Waals surface area contributed by atoms with Crippen LogP contribution in [0.5, 0.6) is 0 Å². The van der Waals surface area contributed by atoms with Crippen LogP contribution in [-0.4, -0.2) is 57.2 Å². The summed E-state index contributed by atoms with van der Waals surface area (Å²) in [5.41, 5.74) is 3.09. The van der Waals surface area contributed by atoms with Gasteiger partial charge in [0.2, 0.25) is 0 Å². The molecular formula is C20H25N7O. The predicted molar refractivity (Wildman–Crippen MR) is 107 cm³/mol. The van der Waals surface area contributed by atoms with Gasteiger partial charge in [0, 0.05) is 38.6 Å². The van der Waals surface area contributed by atoms with E-state index in [1.165, 1.54) is 0 Å². The third-order valence-electron chi connectivity index (χ3n) is 4.77. The van der Waals surface area contributed by atoms with Crippen molar-refractivity contribution in [2.45, 2.75) is 12.6 Å². The number of aliphatic imine (C=N–C) groups is 1. The maximum absolute atomic E-state index is 5.92. The standard InChI is InChI=1S/C20H25N7O/c1-21-20(26-10-11-28-19(15-26)16-12-23-25(2)14-16)22-13-17-8-9-27(24-17)18-6-4-3-5-7-18/h3-9,12,14,19H,10-11,13,15H2,1-2H3,(H,21,22). The molecule has 0 amide bonds. The largest absolute Gasteiger partial charge is 0.370 e. The lowest BCUT2D eigenvalue weighted by Crippen LogP contribution is -2.47. The van der Waals surface area contributed by atoms with Crippen molar-refractivity contribution in [1.29, 1.82) is 0 Å². The van der Waals surface area contributed by atoms with Crippen LogP contribution >= 0.6 is 0 Å². The van der Waals surface area contributed by atoms with Gasteiger partial charge >= 0.3 is 0 Å². The van der Waals surface area contributed by atoms with Crippen molar-refractivity contribution in [3.63, 3.8) is 0 Å². The molecule has 146 valence electrons. The average molecular weight is 379 g/mol. The number of hydrogen-bond acceptors (Lipinski definition) is 4. The van der Waals surface area contributed by atoms with Crippen molar-refractivity contribution >= 4 is 5.96 Å². The summed E-state index contributed by atoms with van der Waals surface area (Å²) in [6.45, 7) is 2.81. The van der Waals surface area contributed by atoms with Crippen LogP contribution in [0.1, 0.15) is 17.4 Å². The van der Waals surface area contributed by atoms with Crippen molar-refractivity contribution in [3.8, 4) is 5.69 Å². The second-order valence-electron chi connectivity index (χ2n) is 6.74. The normalized spacial score (nSPS) is 17.7. The van der Waals surface area contributed by atoms with Crippen LogP contribution in [0.3, 0.4) is 0 Å². The maximum Gasteiger partial charge on any atom is 0.194 e. The summed E-state index contributed by atoms with van der Waals surface area (Å²) >= 11 is 0. The number of para-hydroxylation sites is 1. The fraction of sp³-hybridized carbons (Fsp3) is 0.350. The molecule has 4 rings (SSSR count). The first-order valence-corrected chi connectivity index (χ1v) is 9.38. The van der Waals surface area contributed by atoms with E-state index in [1.807, 2.05) is 66.7 Å². The van der Waals surface area contributed by atoms with Gasteiger partial charge < -0.3 is 15.0 Å². The summed E-state index contributed by atoms with van der Waals surface area (Å²) in [6.07, 6.45) is 5.84. The number of nitrogens with one attached hydrogen (secondary N) is 1. The van der Waals surface area contributed by atoms with E-state index in [0.29, 0.717) is 13.2 Å². The lowest BCUT2D eigenvalue weighted by Gasteiger charge is -2.34. The molecular weight excluding hydrogens is 354 g/mol. The molecule has 0 aliphatic carbocycles. The zero-order chi connectivity index (χ0) is 19.3. The first kappa shape index (κ1) is 18.2. The molecule has 1 aliphatic rings. The number of aromatic nitrogens is 4. The van der Waals surface area contributed by atoms with Gasteiger partial charge in [0.1, 0.15) is 6.10 Å². The van der Waals surface area contributed by atoms with E-state index in [1.54, 1.807) is 11.7 Å². The molecule has 1 N–H and O–H groups in total. The molecule has 2 aromatic heterocycles. The first-order chi connectivity index (χ1) is 13.7. The lowest BCUT2D eigenvalue weighted by molar-refractivity contribution is -0.00805. The second kappa shape index (κ2) is 8.26. The second-order valence-corrected chi connectivity index (χ2v) is 6.74. The Kier molecular flexibility index (Phi) is 5.38. The molecule has 3 heterocycles. The minimum atomic E-state index is -0.00158. The van der Waals surface area contributed by atoms with E-state index in [2.05, 4.69) is 25.4 Å². The van der Waals surface area contributed by atoms with Gasteiger partial charge in [-0.25, -0.2) is 4.68 Å². The summed E-state index contributed by atoms with van der Waals surface area (Å²) in [6, 6.07) is 12.1. The van der Waals surface area contributed by atoms with Gasteiger partial charge in [0.15, 0.2) is 5.96 Å². The van der Waals surface area contributed by atoms with Crippen LogP contribution in [0.2, 0.25) is 0 Å². The average Bonchev–Trinajstić information content (AvgIpc) is 3.39. The van der Waals surface area contributed by atoms with Crippen LogP contribution in [-0.2, 0) is 18.3 Å². The number of hydrogen-bond donors (Lipinski definition) is 1. The van der Waals surface area contributed by atoms with E-state index in [4.69, 9.17) is 4.74 Å². The molecule has 0 spiro atoms. The highest BCUT2D eigenvalue weighted by Crippen LogP contribution is 2.21.